The van der Waals surface area contributed by atoms with E-state index in [4.69, 9.17) is 46.9 Å². The number of ether oxygens (including phenoxy) is 5. The van der Waals surface area contributed by atoms with E-state index in [2.05, 4.69) is 0 Å². The molecule has 2 aromatic carbocycles. The van der Waals surface area contributed by atoms with Crippen LogP contribution in [0, 0.1) is 6.92 Å². The van der Waals surface area contributed by atoms with Gasteiger partial charge >= 0.3 is 5.97 Å². The minimum Gasteiger partial charge on any atom is -0.494 e. The van der Waals surface area contributed by atoms with Crippen LogP contribution in [-0.2, 0) is 20.8 Å². The van der Waals surface area contributed by atoms with Crippen LogP contribution in [-0.4, -0.2) is 49.9 Å². The van der Waals surface area contributed by atoms with Crippen LogP contribution in [0.1, 0.15) is 34.8 Å². The van der Waals surface area contributed by atoms with Gasteiger partial charge < -0.3 is 28.8 Å². The quantitative estimate of drug-likeness (QED) is 0.576. The number of carbonyl (C=O) groups excluding carboxylic acids is 1. The number of hydrogen-bond donors (Lipinski definition) is 1. The largest absolute Gasteiger partial charge is 0.494 e. The van der Waals surface area contributed by atoms with Gasteiger partial charge in [-0.1, -0.05) is 53.5 Å². The number of carbonyl (C=O) groups is 1. The van der Waals surface area contributed by atoms with Crippen molar-refractivity contribution in [1.29, 1.82) is 0 Å². The van der Waals surface area contributed by atoms with E-state index < -0.39 is 30.6 Å². The molecule has 0 unspecified atom stereocenters. The predicted octanol–water partition coefficient (Wildman–Crippen LogP) is 4.56. The smallest absolute Gasteiger partial charge is 0.342 e. The van der Waals surface area contributed by atoms with Gasteiger partial charge in [-0.2, -0.15) is 0 Å². The van der Waals surface area contributed by atoms with Crippen molar-refractivity contribution in [3.05, 3.63) is 57.1 Å². The number of halogens is 2. The van der Waals surface area contributed by atoms with Gasteiger partial charge in [-0.15, -0.1) is 0 Å². The maximum atomic E-state index is 13.1. The zero-order valence-electron chi connectivity index (χ0n) is 18.3. The molecule has 1 aliphatic heterocycles. The third-order valence-electron chi connectivity index (χ3n) is 5.34. The van der Waals surface area contributed by atoms with Crippen molar-refractivity contribution in [3.63, 3.8) is 0 Å². The molecule has 1 saturated heterocycles. The summed E-state index contributed by atoms with van der Waals surface area (Å²) in [5.74, 6) is -0.437. The van der Waals surface area contributed by atoms with Gasteiger partial charge in [0.25, 0.3) is 0 Å². The van der Waals surface area contributed by atoms with Crippen LogP contribution in [0.2, 0.25) is 10.0 Å². The standard InChI is InChI=1S/C23H26Cl2O7/c1-12-17(23(27)32-15-10-16(28-3)31-13(2)20(15)26)21(29-4)19(25)22(18(12)24)30-11-14-8-6-5-7-9-14/h5-9,13,15-16,20,26H,10-11H2,1-4H3/t13-,15-,16+,20-/m1/s1. The first-order valence-electron chi connectivity index (χ1n) is 10.1. The molecule has 32 heavy (non-hydrogen) atoms. The molecule has 1 fully saturated rings. The molecule has 0 aromatic heterocycles. The van der Waals surface area contributed by atoms with Crippen molar-refractivity contribution in [1.82, 2.24) is 0 Å². The Labute approximate surface area is 197 Å². The molecule has 7 nitrogen and oxygen atoms in total. The molecule has 1 heterocycles. The summed E-state index contributed by atoms with van der Waals surface area (Å²) < 4.78 is 27.6. The highest BCUT2D eigenvalue weighted by atomic mass is 35.5. The molecule has 0 spiro atoms. The summed E-state index contributed by atoms with van der Waals surface area (Å²) in [5.41, 5.74) is 1.38. The molecular formula is C23H26Cl2O7. The van der Waals surface area contributed by atoms with Crippen LogP contribution >= 0.6 is 23.2 Å². The number of hydrogen-bond acceptors (Lipinski definition) is 7. The van der Waals surface area contributed by atoms with Gasteiger partial charge in [-0.3, -0.25) is 0 Å². The van der Waals surface area contributed by atoms with Crippen LogP contribution in [0.3, 0.4) is 0 Å². The van der Waals surface area contributed by atoms with Crippen molar-refractivity contribution in [3.8, 4) is 11.5 Å². The molecule has 4 atom stereocenters. The first-order valence-corrected chi connectivity index (χ1v) is 10.8. The second kappa shape index (κ2) is 10.7. The highest BCUT2D eigenvalue weighted by Crippen LogP contribution is 2.46. The molecule has 3 rings (SSSR count). The molecule has 1 aliphatic rings. The zero-order chi connectivity index (χ0) is 23.4. The monoisotopic (exact) mass is 484 g/mol. The van der Waals surface area contributed by atoms with Crippen LogP contribution in [0.5, 0.6) is 11.5 Å². The molecule has 0 aliphatic carbocycles. The van der Waals surface area contributed by atoms with Crippen LogP contribution < -0.4 is 9.47 Å². The van der Waals surface area contributed by atoms with Crippen molar-refractivity contribution < 1.29 is 33.6 Å². The van der Waals surface area contributed by atoms with Crippen LogP contribution in [0.25, 0.3) is 0 Å². The summed E-state index contributed by atoms with van der Waals surface area (Å²) in [6, 6.07) is 9.51. The second-order valence-corrected chi connectivity index (χ2v) is 8.20. The minimum absolute atomic E-state index is 0.0571. The highest BCUT2D eigenvalue weighted by Gasteiger charge is 2.39. The summed E-state index contributed by atoms with van der Waals surface area (Å²) in [6.07, 6.45) is -2.86. The maximum absolute atomic E-state index is 13.1. The van der Waals surface area contributed by atoms with Gasteiger partial charge in [0.15, 0.2) is 17.8 Å². The number of aliphatic hydroxyl groups excluding tert-OH is 1. The first kappa shape index (κ1) is 24.6. The van der Waals surface area contributed by atoms with E-state index in [0.717, 1.165) is 5.56 Å². The molecule has 0 saturated carbocycles. The average molecular weight is 485 g/mol. The van der Waals surface area contributed by atoms with Crippen molar-refractivity contribution in [2.45, 2.75) is 51.5 Å². The van der Waals surface area contributed by atoms with E-state index in [1.807, 2.05) is 30.3 Å². The maximum Gasteiger partial charge on any atom is 0.342 e. The number of esters is 1. The molecule has 0 bridgehead atoms. The van der Waals surface area contributed by atoms with Gasteiger partial charge in [-0.05, 0) is 25.0 Å². The van der Waals surface area contributed by atoms with E-state index in [9.17, 15) is 9.90 Å². The second-order valence-electron chi connectivity index (χ2n) is 7.44. The lowest BCUT2D eigenvalue weighted by molar-refractivity contribution is -0.236. The number of benzene rings is 2. The summed E-state index contributed by atoms with van der Waals surface area (Å²) in [6.45, 7) is 3.56. The summed E-state index contributed by atoms with van der Waals surface area (Å²) in [7, 11) is 2.87. The Hall–Kier alpha value is -2.03. The van der Waals surface area contributed by atoms with E-state index in [1.54, 1.807) is 13.8 Å². The topological polar surface area (TPSA) is 83.5 Å². The fourth-order valence-electron chi connectivity index (χ4n) is 3.53. The summed E-state index contributed by atoms with van der Waals surface area (Å²) >= 11 is 13.0. The van der Waals surface area contributed by atoms with E-state index in [0.29, 0.717) is 5.56 Å². The average Bonchev–Trinajstić information content (AvgIpc) is 2.79. The fourth-order valence-corrected chi connectivity index (χ4v) is 4.14. The molecule has 0 amide bonds. The molecule has 1 N–H and O–H groups in total. The Bertz CT molecular complexity index is 951. The zero-order valence-corrected chi connectivity index (χ0v) is 19.8. The third kappa shape index (κ3) is 5.13. The molecule has 0 radical (unpaired) electrons. The predicted molar refractivity (Wildman–Crippen MR) is 120 cm³/mol. The van der Waals surface area contributed by atoms with Crippen molar-refractivity contribution in [2.75, 3.05) is 14.2 Å². The number of methoxy groups -OCH3 is 2. The first-order chi connectivity index (χ1) is 15.3. The number of aliphatic hydroxyl groups is 1. The van der Waals surface area contributed by atoms with Gasteiger partial charge in [0, 0.05) is 13.5 Å². The number of rotatable bonds is 7. The van der Waals surface area contributed by atoms with E-state index in [-0.39, 0.29) is 40.1 Å². The SMILES string of the molecule is COc1c(Cl)c(OCc2ccccc2)c(Cl)c(C)c1C(=O)O[C@@H]1C[C@@H](OC)O[C@H](C)[C@H]1O. The van der Waals surface area contributed by atoms with Gasteiger partial charge in [0.2, 0.25) is 0 Å². The van der Waals surface area contributed by atoms with Crippen molar-refractivity contribution in [2.24, 2.45) is 0 Å². The normalized spacial score (nSPS) is 23.0. The van der Waals surface area contributed by atoms with E-state index in [1.165, 1.54) is 14.2 Å². The van der Waals surface area contributed by atoms with Gasteiger partial charge in [0.05, 0.1) is 18.2 Å². The Morgan fingerprint density at radius 1 is 1.16 bits per heavy atom. The summed E-state index contributed by atoms with van der Waals surface area (Å²) in [4.78, 5) is 13.1. The Morgan fingerprint density at radius 3 is 2.47 bits per heavy atom. The van der Waals surface area contributed by atoms with Gasteiger partial charge in [0.1, 0.15) is 29.4 Å². The van der Waals surface area contributed by atoms with Gasteiger partial charge in [-0.25, -0.2) is 4.79 Å². The molecule has 174 valence electrons. The molecular weight excluding hydrogens is 459 g/mol. The lowest BCUT2D eigenvalue weighted by Crippen LogP contribution is -2.49. The Kier molecular flexibility index (Phi) is 8.25. The lowest BCUT2D eigenvalue weighted by atomic mass is 10.0. The molecule has 2 aromatic rings. The van der Waals surface area contributed by atoms with Crippen LogP contribution in [0.15, 0.2) is 30.3 Å². The van der Waals surface area contributed by atoms with E-state index >= 15 is 0 Å². The third-order valence-corrected chi connectivity index (χ3v) is 6.14. The van der Waals surface area contributed by atoms with Crippen molar-refractivity contribution >= 4 is 29.2 Å². The van der Waals surface area contributed by atoms with Crippen LogP contribution in [0.4, 0.5) is 0 Å². The highest BCUT2D eigenvalue weighted by molar-refractivity contribution is 6.39. The Balaban J connectivity index is 1.88. The lowest BCUT2D eigenvalue weighted by Gasteiger charge is -2.36. The molecule has 9 heteroatoms. The minimum atomic E-state index is -1.02. The fraction of sp³-hybridized carbons (Fsp3) is 0.435. The summed E-state index contributed by atoms with van der Waals surface area (Å²) in [5, 5.41) is 10.6. The Morgan fingerprint density at radius 2 is 1.84 bits per heavy atom.